The molecule has 0 nitrogen and oxygen atoms in total. The normalized spacial score (nSPS) is 66.0. The second kappa shape index (κ2) is 2.00. The SMILES string of the molecule is CC12CC3(F)CC(F)(C1)CC(F)(C2)C3. The third kappa shape index (κ3) is 1.07. The van der Waals surface area contributed by atoms with Crippen LogP contribution in [0, 0.1) is 5.41 Å². The topological polar surface area (TPSA) is 0 Å². The van der Waals surface area contributed by atoms with Crippen molar-refractivity contribution < 1.29 is 13.2 Å². The molecule has 4 rings (SSSR count). The van der Waals surface area contributed by atoms with Gasteiger partial charge in [-0.2, -0.15) is 0 Å². The number of hydrogen-bond acceptors (Lipinski definition) is 0. The quantitative estimate of drug-likeness (QED) is 0.566. The van der Waals surface area contributed by atoms with Crippen molar-refractivity contribution in [3.8, 4) is 0 Å². The highest BCUT2D eigenvalue weighted by Gasteiger charge is 2.68. The molecule has 4 bridgehead atoms. The molecule has 0 aromatic heterocycles. The Morgan fingerprint density at radius 2 is 0.929 bits per heavy atom. The van der Waals surface area contributed by atoms with Crippen molar-refractivity contribution in [1.29, 1.82) is 0 Å². The molecule has 0 aliphatic heterocycles. The molecule has 0 saturated heterocycles. The molecule has 4 fully saturated rings. The number of hydrogen-bond donors (Lipinski definition) is 0. The minimum absolute atomic E-state index is 0.0682. The maximum absolute atomic E-state index is 14.1. The maximum Gasteiger partial charge on any atom is 0.117 e. The van der Waals surface area contributed by atoms with Gasteiger partial charge in [-0.25, -0.2) is 13.2 Å². The predicted molar refractivity (Wildman–Crippen MR) is 47.3 cm³/mol. The van der Waals surface area contributed by atoms with Crippen LogP contribution in [0.4, 0.5) is 13.2 Å². The van der Waals surface area contributed by atoms with Crippen LogP contribution in [0.2, 0.25) is 0 Å². The van der Waals surface area contributed by atoms with Crippen LogP contribution in [0.15, 0.2) is 0 Å². The first kappa shape index (κ1) is 9.05. The van der Waals surface area contributed by atoms with Crippen LogP contribution in [-0.4, -0.2) is 17.0 Å². The Balaban J connectivity index is 2.08. The molecule has 0 radical (unpaired) electrons. The van der Waals surface area contributed by atoms with E-state index in [0.717, 1.165) is 0 Å². The fourth-order valence-corrected chi connectivity index (χ4v) is 4.75. The van der Waals surface area contributed by atoms with Crippen LogP contribution in [-0.2, 0) is 0 Å². The molecule has 0 amide bonds. The third-order valence-corrected chi connectivity index (χ3v) is 4.13. The molecule has 0 N–H and O–H groups in total. The molecule has 80 valence electrons. The third-order valence-electron chi connectivity index (χ3n) is 4.13. The van der Waals surface area contributed by atoms with E-state index in [-0.39, 0.29) is 19.3 Å². The standard InChI is InChI=1S/C11H15F3/c1-8-2-9(12)5-10(13,3-8)7-11(14,4-8)6-9/h2-7H2,1H3. The highest BCUT2D eigenvalue weighted by Crippen LogP contribution is 2.67. The Labute approximate surface area is 81.9 Å². The lowest BCUT2D eigenvalue weighted by Gasteiger charge is -2.62. The molecule has 14 heavy (non-hydrogen) atoms. The average molecular weight is 204 g/mol. The van der Waals surface area contributed by atoms with E-state index in [0.29, 0.717) is 19.3 Å². The largest absolute Gasteiger partial charge is 0.244 e. The van der Waals surface area contributed by atoms with Crippen molar-refractivity contribution >= 4 is 0 Å². The summed E-state index contributed by atoms with van der Waals surface area (Å²) in [5.41, 5.74) is -5.12. The summed E-state index contributed by atoms with van der Waals surface area (Å²) in [5.74, 6) is 0. The molecular formula is C11H15F3. The molecule has 4 aliphatic carbocycles. The molecule has 4 saturated carbocycles. The fourth-order valence-electron chi connectivity index (χ4n) is 4.75. The van der Waals surface area contributed by atoms with Crippen molar-refractivity contribution in [2.24, 2.45) is 5.41 Å². The summed E-state index contributed by atoms with van der Waals surface area (Å²) in [6.45, 7) is 1.83. The Morgan fingerprint density at radius 1 is 0.643 bits per heavy atom. The molecule has 0 heterocycles. The maximum atomic E-state index is 14.1. The van der Waals surface area contributed by atoms with Crippen molar-refractivity contribution in [2.75, 3.05) is 0 Å². The van der Waals surface area contributed by atoms with Gasteiger partial charge in [-0.3, -0.25) is 0 Å². The zero-order valence-corrected chi connectivity index (χ0v) is 8.38. The van der Waals surface area contributed by atoms with Gasteiger partial charge in [-0.1, -0.05) is 6.92 Å². The first-order valence-electron chi connectivity index (χ1n) is 5.31. The van der Waals surface area contributed by atoms with E-state index in [1.54, 1.807) is 0 Å². The molecule has 0 unspecified atom stereocenters. The van der Waals surface area contributed by atoms with Crippen LogP contribution in [0.1, 0.15) is 45.4 Å². The Morgan fingerprint density at radius 3 is 1.14 bits per heavy atom. The number of alkyl halides is 3. The summed E-state index contributed by atoms with van der Waals surface area (Å²) in [6, 6.07) is 0. The van der Waals surface area contributed by atoms with E-state index < -0.39 is 22.4 Å². The monoisotopic (exact) mass is 204 g/mol. The smallest absolute Gasteiger partial charge is 0.117 e. The van der Waals surface area contributed by atoms with E-state index in [1.807, 2.05) is 6.92 Å². The van der Waals surface area contributed by atoms with Crippen LogP contribution >= 0.6 is 0 Å². The molecule has 0 spiro atoms. The summed E-state index contributed by atoms with van der Waals surface area (Å²) < 4.78 is 42.4. The van der Waals surface area contributed by atoms with Crippen LogP contribution < -0.4 is 0 Å². The van der Waals surface area contributed by atoms with Gasteiger partial charge in [0.15, 0.2) is 0 Å². The predicted octanol–water partition coefficient (Wildman–Crippen LogP) is 3.50. The van der Waals surface area contributed by atoms with Gasteiger partial charge < -0.3 is 0 Å². The average Bonchev–Trinajstić information content (AvgIpc) is 1.67. The summed E-state index contributed by atoms with van der Waals surface area (Å²) >= 11 is 0. The lowest BCUT2D eigenvalue weighted by atomic mass is 9.47. The van der Waals surface area contributed by atoms with Crippen LogP contribution in [0.3, 0.4) is 0 Å². The number of rotatable bonds is 0. The van der Waals surface area contributed by atoms with E-state index in [9.17, 15) is 13.2 Å². The van der Waals surface area contributed by atoms with E-state index in [2.05, 4.69) is 0 Å². The summed E-state index contributed by atoms with van der Waals surface area (Å²) in [7, 11) is 0. The Bertz CT molecular complexity index is 203. The van der Waals surface area contributed by atoms with E-state index >= 15 is 0 Å². The summed E-state index contributed by atoms with van der Waals surface area (Å²) in [5, 5.41) is 0. The van der Waals surface area contributed by atoms with Gasteiger partial charge in [-0.15, -0.1) is 0 Å². The summed E-state index contributed by atoms with van der Waals surface area (Å²) in [6.07, 6.45) is 0.871. The number of halogens is 3. The molecular weight excluding hydrogens is 189 g/mol. The second-order valence-electron chi connectivity index (χ2n) is 6.32. The zero-order chi connectivity index (χ0) is 10.2. The van der Waals surface area contributed by atoms with Crippen LogP contribution in [0.25, 0.3) is 0 Å². The second-order valence-corrected chi connectivity index (χ2v) is 6.32. The van der Waals surface area contributed by atoms with Gasteiger partial charge in [0.05, 0.1) is 0 Å². The van der Waals surface area contributed by atoms with Gasteiger partial charge in [0.2, 0.25) is 0 Å². The molecule has 3 heteroatoms. The lowest BCUT2D eigenvalue weighted by molar-refractivity contribution is -0.211. The van der Waals surface area contributed by atoms with Crippen molar-refractivity contribution in [1.82, 2.24) is 0 Å². The molecule has 0 aromatic carbocycles. The highest BCUT2D eigenvalue weighted by molar-refractivity contribution is 5.19. The van der Waals surface area contributed by atoms with E-state index in [1.165, 1.54) is 0 Å². The Hall–Kier alpha value is -0.210. The van der Waals surface area contributed by atoms with Crippen LogP contribution in [0.5, 0.6) is 0 Å². The van der Waals surface area contributed by atoms with Gasteiger partial charge in [-0.05, 0) is 24.7 Å². The van der Waals surface area contributed by atoms with E-state index in [4.69, 9.17) is 0 Å². The molecule has 0 aromatic rings. The fraction of sp³-hybridized carbons (Fsp3) is 1.00. The van der Waals surface area contributed by atoms with Gasteiger partial charge in [0.1, 0.15) is 17.0 Å². The minimum Gasteiger partial charge on any atom is -0.244 e. The molecule has 4 aliphatic rings. The zero-order valence-electron chi connectivity index (χ0n) is 8.38. The lowest BCUT2D eigenvalue weighted by Crippen LogP contribution is -2.64. The minimum atomic E-state index is -1.56. The first-order chi connectivity index (χ1) is 6.24. The van der Waals surface area contributed by atoms with Gasteiger partial charge >= 0.3 is 0 Å². The van der Waals surface area contributed by atoms with Crippen molar-refractivity contribution in [2.45, 2.75) is 62.5 Å². The summed E-state index contributed by atoms with van der Waals surface area (Å²) in [4.78, 5) is 0. The first-order valence-corrected chi connectivity index (χ1v) is 5.31. The van der Waals surface area contributed by atoms with Crippen molar-refractivity contribution in [3.63, 3.8) is 0 Å². The van der Waals surface area contributed by atoms with Gasteiger partial charge in [0.25, 0.3) is 0 Å². The Kier molecular flexibility index (Phi) is 1.29. The van der Waals surface area contributed by atoms with Gasteiger partial charge in [0, 0.05) is 19.3 Å². The highest BCUT2D eigenvalue weighted by atomic mass is 19.2. The van der Waals surface area contributed by atoms with Crippen molar-refractivity contribution in [3.05, 3.63) is 0 Å². The molecule has 0 atom stereocenters.